The van der Waals surface area contributed by atoms with E-state index in [2.05, 4.69) is 10.6 Å². The lowest BCUT2D eigenvalue weighted by Crippen LogP contribution is -2.43. The van der Waals surface area contributed by atoms with Crippen LogP contribution in [0.15, 0.2) is 0 Å². The van der Waals surface area contributed by atoms with Crippen LogP contribution in [0.25, 0.3) is 0 Å². The molecule has 120 valence electrons. The smallest absolute Gasteiger partial charge is 0.223 e. The molecule has 0 radical (unpaired) electrons. The number of hydrogen-bond donors (Lipinski definition) is 3. The molecule has 2 rings (SSSR count). The Bertz CT molecular complexity index is 353. The van der Waals surface area contributed by atoms with Gasteiger partial charge in [0.25, 0.3) is 0 Å². The molecule has 0 heterocycles. The highest BCUT2D eigenvalue weighted by Crippen LogP contribution is 2.24. The molecule has 2 atom stereocenters. The van der Waals surface area contributed by atoms with Crippen LogP contribution in [0, 0.1) is 5.92 Å². The highest BCUT2D eigenvalue weighted by molar-refractivity contribution is 5.80. The summed E-state index contributed by atoms with van der Waals surface area (Å²) in [6.45, 7) is 0.393. The topological polar surface area (TPSA) is 78.4 Å². The molecule has 5 nitrogen and oxygen atoms in total. The molecule has 0 spiro atoms. The lowest BCUT2D eigenvalue weighted by atomic mass is 10.1. The molecule has 2 saturated carbocycles. The molecule has 0 aromatic rings. The van der Waals surface area contributed by atoms with Gasteiger partial charge in [-0.15, -0.1) is 0 Å². The van der Waals surface area contributed by atoms with Crippen LogP contribution in [0.1, 0.15) is 64.2 Å². The molecule has 2 aliphatic rings. The Morgan fingerprint density at radius 2 is 1.62 bits per heavy atom. The predicted octanol–water partition coefficient (Wildman–Crippen LogP) is 1.49. The van der Waals surface area contributed by atoms with Crippen molar-refractivity contribution in [3.8, 4) is 0 Å². The molecular formula is C16H28N2O3. The SMILES string of the molecule is O=C(CCNC(=O)C1CCCC1)NC1CCCCCC1O. The minimum absolute atomic E-state index is 0.0762. The van der Waals surface area contributed by atoms with Crippen LogP contribution in [0.5, 0.6) is 0 Å². The summed E-state index contributed by atoms with van der Waals surface area (Å²) < 4.78 is 0. The molecule has 2 fully saturated rings. The number of carbonyl (C=O) groups excluding carboxylic acids is 2. The van der Waals surface area contributed by atoms with Gasteiger partial charge >= 0.3 is 0 Å². The van der Waals surface area contributed by atoms with Crippen molar-refractivity contribution in [1.29, 1.82) is 0 Å². The third-order valence-electron chi connectivity index (χ3n) is 4.70. The van der Waals surface area contributed by atoms with E-state index in [-0.39, 0.29) is 23.8 Å². The number of carbonyl (C=O) groups is 2. The molecule has 21 heavy (non-hydrogen) atoms. The number of aliphatic hydroxyl groups excluding tert-OH is 1. The van der Waals surface area contributed by atoms with Crippen LogP contribution >= 0.6 is 0 Å². The minimum atomic E-state index is -0.426. The summed E-state index contributed by atoms with van der Waals surface area (Å²) in [5, 5.41) is 15.7. The van der Waals surface area contributed by atoms with E-state index >= 15 is 0 Å². The largest absolute Gasteiger partial charge is 0.391 e. The molecule has 0 bridgehead atoms. The summed E-state index contributed by atoms with van der Waals surface area (Å²) in [6.07, 6.45) is 8.93. The van der Waals surface area contributed by atoms with Crippen LogP contribution in [0.3, 0.4) is 0 Å². The zero-order valence-corrected chi connectivity index (χ0v) is 12.8. The van der Waals surface area contributed by atoms with Crippen molar-refractivity contribution in [1.82, 2.24) is 10.6 Å². The van der Waals surface area contributed by atoms with Gasteiger partial charge in [0.1, 0.15) is 0 Å². The monoisotopic (exact) mass is 296 g/mol. The maximum absolute atomic E-state index is 11.9. The second kappa shape index (κ2) is 8.37. The molecule has 5 heteroatoms. The minimum Gasteiger partial charge on any atom is -0.391 e. The normalized spacial score (nSPS) is 27.1. The van der Waals surface area contributed by atoms with Gasteiger partial charge in [-0.1, -0.05) is 32.1 Å². The molecule has 2 amide bonds. The van der Waals surface area contributed by atoms with E-state index in [4.69, 9.17) is 0 Å². The molecule has 0 saturated heterocycles. The maximum Gasteiger partial charge on any atom is 0.223 e. The van der Waals surface area contributed by atoms with Crippen molar-refractivity contribution in [2.24, 2.45) is 5.92 Å². The molecule has 0 aliphatic heterocycles. The lowest BCUT2D eigenvalue weighted by molar-refractivity contribution is -0.125. The van der Waals surface area contributed by atoms with Crippen molar-refractivity contribution in [3.05, 3.63) is 0 Å². The van der Waals surface area contributed by atoms with Gasteiger partial charge in [0.2, 0.25) is 11.8 Å². The first-order valence-electron chi connectivity index (χ1n) is 8.42. The Labute approximate surface area is 126 Å². The summed E-state index contributed by atoms with van der Waals surface area (Å²) >= 11 is 0. The fourth-order valence-electron chi connectivity index (χ4n) is 3.37. The van der Waals surface area contributed by atoms with Crippen molar-refractivity contribution in [2.45, 2.75) is 76.4 Å². The summed E-state index contributed by atoms with van der Waals surface area (Å²) in [4.78, 5) is 23.7. The van der Waals surface area contributed by atoms with E-state index in [1.165, 1.54) is 0 Å². The van der Waals surface area contributed by atoms with E-state index in [1.807, 2.05) is 0 Å². The van der Waals surface area contributed by atoms with Gasteiger partial charge in [-0.3, -0.25) is 9.59 Å². The average Bonchev–Trinajstić information content (AvgIpc) is 2.92. The predicted molar refractivity (Wildman–Crippen MR) is 80.6 cm³/mol. The maximum atomic E-state index is 11.9. The Kier molecular flexibility index (Phi) is 6.49. The Balaban J connectivity index is 1.63. The van der Waals surface area contributed by atoms with Crippen molar-refractivity contribution >= 4 is 11.8 Å². The Morgan fingerprint density at radius 1 is 0.952 bits per heavy atom. The van der Waals surface area contributed by atoms with Gasteiger partial charge in [0, 0.05) is 18.9 Å². The third kappa shape index (κ3) is 5.30. The molecule has 3 N–H and O–H groups in total. The van der Waals surface area contributed by atoms with Crippen LogP contribution in [0.2, 0.25) is 0 Å². The third-order valence-corrected chi connectivity index (χ3v) is 4.70. The molecule has 2 aliphatic carbocycles. The summed E-state index contributed by atoms with van der Waals surface area (Å²) in [6, 6.07) is -0.120. The molecule has 0 aromatic heterocycles. The van der Waals surface area contributed by atoms with Gasteiger partial charge in [-0.25, -0.2) is 0 Å². The number of nitrogens with one attached hydrogen (secondary N) is 2. The summed E-state index contributed by atoms with van der Waals surface area (Å²) in [5.41, 5.74) is 0. The first-order chi connectivity index (χ1) is 10.2. The molecule has 2 unspecified atom stereocenters. The van der Waals surface area contributed by atoms with E-state index in [9.17, 15) is 14.7 Å². The average molecular weight is 296 g/mol. The van der Waals surface area contributed by atoms with Crippen LogP contribution in [-0.2, 0) is 9.59 Å². The van der Waals surface area contributed by atoms with E-state index in [0.29, 0.717) is 13.0 Å². The van der Waals surface area contributed by atoms with E-state index < -0.39 is 6.10 Å². The van der Waals surface area contributed by atoms with Gasteiger partial charge < -0.3 is 15.7 Å². The first kappa shape index (κ1) is 16.3. The Morgan fingerprint density at radius 3 is 2.38 bits per heavy atom. The number of amides is 2. The van der Waals surface area contributed by atoms with Gasteiger partial charge in [-0.2, -0.15) is 0 Å². The summed E-state index contributed by atoms with van der Waals surface area (Å²) in [5.74, 6) is 0.166. The second-order valence-electron chi connectivity index (χ2n) is 6.40. The molecular weight excluding hydrogens is 268 g/mol. The Hall–Kier alpha value is -1.10. The van der Waals surface area contributed by atoms with Gasteiger partial charge in [0.15, 0.2) is 0 Å². The zero-order valence-electron chi connectivity index (χ0n) is 12.8. The van der Waals surface area contributed by atoms with Crippen LogP contribution in [0.4, 0.5) is 0 Å². The standard InChI is InChI=1S/C16H28N2O3/c19-14-9-3-1-2-8-13(14)18-15(20)10-11-17-16(21)12-6-4-5-7-12/h12-14,19H,1-11H2,(H,17,21)(H,18,20). The fraction of sp³-hybridized carbons (Fsp3) is 0.875. The quantitative estimate of drug-likeness (QED) is 0.673. The number of hydrogen-bond acceptors (Lipinski definition) is 3. The van der Waals surface area contributed by atoms with E-state index in [0.717, 1.165) is 57.8 Å². The van der Waals surface area contributed by atoms with Crippen molar-refractivity contribution < 1.29 is 14.7 Å². The number of aliphatic hydroxyl groups is 1. The highest BCUT2D eigenvalue weighted by atomic mass is 16.3. The van der Waals surface area contributed by atoms with Crippen LogP contribution < -0.4 is 10.6 Å². The van der Waals surface area contributed by atoms with Crippen molar-refractivity contribution in [2.75, 3.05) is 6.54 Å². The number of rotatable bonds is 5. The van der Waals surface area contributed by atoms with Crippen LogP contribution in [-0.4, -0.2) is 35.6 Å². The second-order valence-corrected chi connectivity index (χ2v) is 6.40. The summed E-state index contributed by atoms with van der Waals surface area (Å²) in [7, 11) is 0. The first-order valence-corrected chi connectivity index (χ1v) is 8.42. The van der Waals surface area contributed by atoms with E-state index in [1.54, 1.807) is 0 Å². The molecule has 0 aromatic carbocycles. The zero-order chi connectivity index (χ0) is 15.1. The van der Waals surface area contributed by atoms with Crippen molar-refractivity contribution in [3.63, 3.8) is 0 Å². The fourth-order valence-corrected chi connectivity index (χ4v) is 3.37. The van der Waals surface area contributed by atoms with Gasteiger partial charge in [-0.05, 0) is 25.7 Å². The highest BCUT2D eigenvalue weighted by Gasteiger charge is 2.24. The van der Waals surface area contributed by atoms with Gasteiger partial charge in [0.05, 0.1) is 12.1 Å². The lowest BCUT2D eigenvalue weighted by Gasteiger charge is -2.21.